The molecule has 90 valence electrons. The van der Waals surface area contributed by atoms with Gasteiger partial charge in [0.2, 0.25) is 0 Å². The number of halogens is 1. The number of hydrogen-bond donors (Lipinski definition) is 2. The van der Waals surface area contributed by atoms with E-state index in [4.69, 9.17) is 16.9 Å². The Hall–Kier alpha value is -1.24. The Balaban J connectivity index is 2.05. The molecule has 1 aliphatic heterocycles. The summed E-state index contributed by atoms with van der Waals surface area (Å²) in [7, 11) is 0. The van der Waals surface area contributed by atoms with Gasteiger partial charge < -0.3 is 10.6 Å². The SMILES string of the molecule is N#Cc1ccc(NC2CCCNCC2)c(Cl)c1. The van der Waals surface area contributed by atoms with Gasteiger partial charge in [0, 0.05) is 6.04 Å². The molecule has 0 amide bonds. The Morgan fingerprint density at radius 2 is 2.24 bits per heavy atom. The van der Waals surface area contributed by atoms with Crippen LogP contribution >= 0.6 is 11.6 Å². The molecule has 4 heteroatoms. The van der Waals surface area contributed by atoms with Crippen molar-refractivity contribution in [2.24, 2.45) is 0 Å². The van der Waals surface area contributed by atoms with E-state index in [1.807, 2.05) is 6.07 Å². The number of nitrogens with zero attached hydrogens (tertiary/aromatic N) is 1. The highest BCUT2D eigenvalue weighted by Gasteiger charge is 2.12. The predicted molar refractivity (Wildman–Crippen MR) is 70.3 cm³/mol. The summed E-state index contributed by atoms with van der Waals surface area (Å²) in [5, 5.41) is 16.2. The zero-order valence-corrected chi connectivity index (χ0v) is 10.4. The zero-order valence-electron chi connectivity index (χ0n) is 9.67. The Bertz CT molecular complexity index is 417. The molecule has 0 radical (unpaired) electrons. The maximum Gasteiger partial charge on any atom is 0.0992 e. The van der Waals surface area contributed by atoms with E-state index in [-0.39, 0.29) is 0 Å². The highest BCUT2D eigenvalue weighted by molar-refractivity contribution is 6.33. The zero-order chi connectivity index (χ0) is 12.1. The normalized spacial score (nSPS) is 20.4. The smallest absolute Gasteiger partial charge is 0.0992 e. The molecule has 3 nitrogen and oxygen atoms in total. The maximum atomic E-state index is 8.77. The molecule has 2 N–H and O–H groups in total. The average molecular weight is 250 g/mol. The van der Waals surface area contributed by atoms with Crippen molar-refractivity contribution in [1.29, 1.82) is 5.26 Å². The Morgan fingerprint density at radius 3 is 3.00 bits per heavy atom. The summed E-state index contributed by atoms with van der Waals surface area (Å²) in [5.74, 6) is 0. The minimum absolute atomic E-state index is 0.468. The molecule has 1 saturated heterocycles. The van der Waals surface area contributed by atoms with Gasteiger partial charge in [0.25, 0.3) is 0 Å². The molecular weight excluding hydrogens is 234 g/mol. The average Bonchev–Trinajstić information content (AvgIpc) is 2.60. The van der Waals surface area contributed by atoms with Crippen LogP contribution in [0, 0.1) is 11.3 Å². The van der Waals surface area contributed by atoms with Crippen molar-refractivity contribution in [2.75, 3.05) is 18.4 Å². The van der Waals surface area contributed by atoms with Crippen molar-refractivity contribution in [3.05, 3.63) is 28.8 Å². The molecule has 1 atom stereocenters. The summed E-state index contributed by atoms with van der Waals surface area (Å²) in [6.45, 7) is 2.14. The first-order valence-electron chi connectivity index (χ1n) is 5.96. The fraction of sp³-hybridized carbons (Fsp3) is 0.462. The molecule has 2 rings (SSSR count). The Labute approximate surface area is 107 Å². The molecule has 0 aromatic heterocycles. The molecule has 1 heterocycles. The van der Waals surface area contributed by atoms with Crippen LogP contribution in [0.15, 0.2) is 18.2 Å². The lowest BCUT2D eigenvalue weighted by Crippen LogP contribution is -2.21. The molecule has 17 heavy (non-hydrogen) atoms. The third-order valence-electron chi connectivity index (χ3n) is 3.03. The van der Waals surface area contributed by atoms with Crippen LogP contribution in [0.5, 0.6) is 0 Å². The molecule has 1 aromatic rings. The molecule has 0 spiro atoms. The van der Waals surface area contributed by atoms with Crippen LogP contribution in [0.4, 0.5) is 5.69 Å². The van der Waals surface area contributed by atoms with Gasteiger partial charge in [-0.3, -0.25) is 0 Å². The summed E-state index contributed by atoms with van der Waals surface area (Å²) in [6, 6.07) is 7.94. The topological polar surface area (TPSA) is 47.9 Å². The molecule has 0 saturated carbocycles. The summed E-state index contributed by atoms with van der Waals surface area (Å²) in [6.07, 6.45) is 3.45. The standard InChI is InChI=1S/C13H16ClN3/c14-12-8-10(9-15)3-4-13(12)17-11-2-1-6-16-7-5-11/h3-4,8,11,16-17H,1-2,5-7H2. The minimum Gasteiger partial charge on any atom is -0.381 e. The molecular formula is C13H16ClN3. The molecule has 1 fully saturated rings. The van der Waals surface area contributed by atoms with Gasteiger partial charge in [-0.1, -0.05) is 11.6 Å². The van der Waals surface area contributed by atoms with Gasteiger partial charge in [-0.2, -0.15) is 5.26 Å². The van der Waals surface area contributed by atoms with Gasteiger partial charge in [-0.05, 0) is 50.6 Å². The molecule has 1 aliphatic rings. The van der Waals surface area contributed by atoms with E-state index in [2.05, 4.69) is 16.7 Å². The van der Waals surface area contributed by atoms with Gasteiger partial charge in [0.05, 0.1) is 22.3 Å². The summed E-state index contributed by atoms with van der Waals surface area (Å²) >= 11 is 6.14. The van der Waals surface area contributed by atoms with E-state index in [0.29, 0.717) is 16.6 Å². The van der Waals surface area contributed by atoms with E-state index in [1.165, 1.54) is 6.42 Å². The van der Waals surface area contributed by atoms with Crippen molar-refractivity contribution in [1.82, 2.24) is 5.32 Å². The van der Waals surface area contributed by atoms with Crippen LogP contribution in [-0.4, -0.2) is 19.1 Å². The van der Waals surface area contributed by atoms with Crippen LogP contribution < -0.4 is 10.6 Å². The monoisotopic (exact) mass is 249 g/mol. The summed E-state index contributed by atoms with van der Waals surface area (Å²) in [4.78, 5) is 0. The number of nitriles is 1. The van der Waals surface area contributed by atoms with Gasteiger partial charge in [0.15, 0.2) is 0 Å². The number of hydrogen-bond acceptors (Lipinski definition) is 3. The first kappa shape index (κ1) is 12.2. The van der Waals surface area contributed by atoms with Gasteiger partial charge >= 0.3 is 0 Å². The fourth-order valence-electron chi connectivity index (χ4n) is 2.09. The van der Waals surface area contributed by atoms with Crippen LogP contribution in [0.3, 0.4) is 0 Å². The third kappa shape index (κ3) is 3.36. The van der Waals surface area contributed by atoms with Crippen LogP contribution in [0.25, 0.3) is 0 Å². The molecule has 0 bridgehead atoms. The fourth-order valence-corrected chi connectivity index (χ4v) is 2.32. The van der Waals surface area contributed by atoms with E-state index < -0.39 is 0 Å². The lowest BCUT2D eigenvalue weighted by Gasteiger charge is -2.18. The van der Waals surface area contributed by atoms with Crippen molar-refractivity contribution in [3.63, 3.8) is 0 Å². The Morgan fingerprint density at radius 1 is 1.35 bits per heavy atom. The predicted octanol–water partition coefficient (Wildman–Crippen LogP) is 2.77. The molecule has 1 aromatic carbocycles. The van der Waals surface area contributed by atoms with Gasteiger partial charge in [0.1, 0.15) is 0 Å². The minimum atomic E-state index is 0.468. The second-order valence-corrected chi connectivity index (χ2v) is 4.74. The van der Waals surface area contributed by atoms with Crippen LogP contribution in [-0.2, 0) is 0 Å². The van der Waals surface area contributed by atoms with Gasteiger partial charge in [-0.25, -0.2) is 0 Å². The quantitative estimate of drug-likeness (QED) is 0.847. The molecule has 0 aliphatic carbocycles. The van der Waals surface area contributed by atoms with Crippen molar-refractivity contribution in [2.45, 2.75) is 25.3 Å². The second-order valence-electron chi connectivity index (χ2n) is 4.33. The lowest BCUT2D eigenvalue weighted by molar-refractivity contribution is 0.637. The first-order chi connectivity index (χ1) is 8.29. The van der Waals surface area contributed by atoms with Crippen molar-refractivity contribution in [3.8, 4) is 6.07 Å². The molecule has 1 unspecified atom stereocenters. The van der Waals surface area contributed by atoms with Crippen LogP contribution in [0.1, 0.15) is 24.8 Å². The summed E-state index contributed by atoms with van der Waals surface area (Å²) < 4.78 is 0. The van der Waals surface area contributed by atoms with Crippen molar-refractivity contribution >= 4 is 17.3 Å². The second kappa shape index (κ2) is 5.90. The largest absolute Gasteiger partial charge is 0.381 e. The van der Waals surface area contributed by atoms with Crippen molar-refractivity contribution < 1.29 is 0 Å². The first-order valence-corrected chi connectivity index (χ1v) is 6.34. The number of anilines is 1. The van der Waals surface area contributed by atoms with E-state index in [1.54, 1.807) is 12.1 Å². The highest BCUT2D eigenvalue weighted by atomic mass is 35.5. The summed E-state index contributed by atoms with van der Waals surface area (Å²) in [5.41, 5.74) is 1.53. The number of rotatable bonds is 2. The number of benzene rings is 1. The Kier molecular flexibility index (Phi) is 4.24. The van der Waals surface area contributed by atoms with E-state index in [0.717, 1.165) is 31.6 Å². The third-order valence-corrected chi connectivity index (χ3v) is 3.35. The lowest BCUT2D eigenvalue weighted by atomic mass is 10.1. The highest BCUT2D eigenvalue weighted by Crippen LogP contribution is 2.25. The van der Waals surface area contributed by atoms with E-state index in [9.17, 15) is 0 Å². The van der Waals surface area contributed by atoms with E-state index >= 15 is 0 Å². The van der Waals surface area contributed by atoms with Gasteiger partial charge in [-0.15, -0.1) is 0 Å². The number of nitrogens with one attached hydrogen (secondary N) is 2. The maximum absolute atomic E-state index is 8.77. The van der Waals surface area contributed by atoms with Crippen LogP contribution in [0.2, 0.25) is 5.02 Å².